The maximum Gasteiger partial charge on any atom is 0.122 e. The fraction of sp³-hybridized carbons (Fsp3) is 0.571. The van der Waals surface area contributed by atoms with E-state index in [1.54, 1.807) is 14.2 Å². The van der Waals surface area contributed by atoms with Crippen molar-refractivity contribution in [1.29, 1.82) is 0 Å². The second-order valence-corrected chi connectivity index (χ2v) is 4.15. The molecule has 0 aliphatic rings. The highest BCUT2D eigenvalue weighted by Crippen LogP contribution is 2.21. The van der Waals surface area contributed by atoms with E-state index in [0.29, 0.717) is 6.42 Å². The molecular weight excluding hydrogens is 216 g/mol. The van der Waals surface area contributed by atoms with Crippen molar-refractivity contribution in [3.05, 3.63) is 29.8 Å². The van der Waals surface area contributed by atoms with Crippen LogP contribution in [0.25, 0.3) is 0 Å². The number of aliphatic hydroxyl groups is 1. The lowest BCUT2D eigenvalue weighted by Gasteiger charge is -2.21. The molecule has 0 amide bonds. The monoisotopic (exact) mass is 238 g/mol. The summed E-state index contributed by atoms with van der Waals surface area (Å²) in [6.07, 6.45) is 1.83. The second-order valence-electron chi connectivity index (χ2n) is 4.15. The van der Waals surface area contributed by atoms with Crippen LogP contribution in [0.15, 0.2) is 24.3 Å². The number of para-hydroxylation sites is 1. The van der Waals surface area contributed by atoms with Gasteiger partial charge in [-0.15, -0.1) is 0 Å². The highest BCUT2D eigenvalue weighted by molar-refractivity contribution is 5.33. The first-order valence-corrected chi connectivity index (χ1v) is 6.05. The maximum absolute atomic E-state index is 10.1. The third kappa shape index (κ3) is 4.02. The normalized spacial score (nSPS) is 14.4. The molecule has 1 aromatic carbocycles. The van der Waals surface area contributed by atoms with Gasteiger partial charge in [-0.05, 0) is 18.1 Å². The summed E-state index contributed by atoms with van der Waals surface area (Å²) in [6.45, 7) is 2.09. The minimum atomic E-state index is -0.490. The fourth-order valence-electron chi connectivity index (χ4n) is 1.98. The van der Waals surface area contributed by atoms with Crippen LogP contribution in [0.5, 0.6) is 5.75 Å². The minimum absolute atomic E-state index is 0.107. The Balaban J connectivity index is 2.68. The van der Waals surface area contributed by atoms with Gasteiger partial charge in [0.25, 0.3) is 0 Å². The third-order valence-electron chi connectivity index (χ3n) is 2.93. The van der Waals surface area contributed by atoms with Gasteiger partial charge in [0.1, 0.15) is 5.75 Å². The van der Waals surface area contributed by atoms with Gasteiger partial charge in [0.2, 0.25) is 0 Å². The molecule has 2 unspecified atom stereocenters. The van der Waals surface area contributed by atoms with Crippen LogP contribution in [-0.4, -0.2) is 31.5 Å². The summed E-state index contributed by atoms with van der Waals surface area (Å²) in [7, 11) is 3.29. The van der Waals surface area contributed by atoms with Crippen molar-refractivity contribution in [3.63, 3.8) is 0 Å². The lowest BCUT2D eigenvalue weighted by atomic mass is 10.0. The number of rotatable bonds is 7. The first-order chi connectivity index (χ1) is 8.22. The number of hydrogen-bond donors (Lipinski definition) is 1. The van der Waals surface area contributed by atoms with Crippen molar-refractivity contribution in [2.45, 2.75) is 38.4 Å². The molecule has 0 fully saturated rings. The summed E-state index contributed by atoms with van der Waals surface area (Å²) in [5.74, 6) is 0.818. The van der Waals surface area contributed by atoms with Gasteiger partial charge in [-0.2, -0.15) is 0 Å². The van der Waals surface area contributed by atoms with Gasteiger partial charge < -0.3 is 14.6 Å². The van der Waals surface area contributed by atoms with Crippen LogP contribution in [0.2, 0.25) is 0 Å². The summed E-state index contributed by atoms with van der Waals surface area (Å²) in [6, 6.07) is 7.76. The molecule has 0 aliphatic heterocycles. The molecule has 0 aliphatic carbocycles. The molecule has 3 nitrogen and oxygen atoms in total. The zero-order valence-electron chi connectivity index (χ0n) is 10.8. The van der Waals surface area contributed by atoms with Crippen LogP contribution in [0.4, 0.5) is 0 Å². The second kappa shape index (κ2) is 7.30. The summed E-state index contributed by atoms with van der Waals surface area (Å²) >= 11 is 0. The number of hydrogen-bond acceptors (Lipinski definition) is 3. The third-order valence-corrected chi connectivity index (χ3v) is 2.93. The van der Waals surface area contributed by atoms with Crippen LogP contribution >= 0.6 is 0 Å². The molecule has 0 aromatic heterocycles. The molecule has 1 rings (SSSR count). The van der Waals surface area contributed by atoms with Crippen LogP contribution in [0, 0.1) is 0 Å². The Morgan fingerprint density at radius 2 is 1.94 bits per heavy atom. The van der Waals surface area contributed by atoms with Crippen molar-refractivity contribution in [2.24, 2.45) is 0 Å². The zero-order chi connectivity index (χ0) is 12.7. The maximum atomic E-state index is 10.1. The molecule has 3 heteroatoms. The molecule has 0 radical (unpaired) electrons. The van der Waals surface area contributed by atoms with Crippen LogP contribution < -0.4 is 4.74 Å². The zero-order valence-corrected chi connectivity index (χ0v) is 10.8. The topological polar surface area (TPSA) is 38.7 Å². The Morgan fingerprint density at radius 3 is 2.53 bits per heavy atom. The van der Waals surface area contributed by atoms with Gasteiger partial charge in [0, 0.05) is 13.5 Å². The molecule has 0 heterocycles. The number of benzene rings is 1. The van der Waals surface area contributed by atoms with Gasteiger partial charge >= 0.3 is 0 Å². The van der Waals surface area contributed by atoms with Gasteiger partial charge in [0.15, 0.2) is 0 Å². The molecule has 17 heavy (non-hydrogen) atoms. The van der Waals surface area contributed by atoms with Crippen LogP contribution in [0.1, 0.15) is 25.3 Å². The summed E-state index contributed by atoms with van der Waals surface area (Å²) in [5.41, 5.74) is 1.01. The molecule has 2 atom stereocenters. The lowest BCUT2D eigenvalue weighted by Crippen LogP contribution is -2.29. The largest absolute Gasteiger partial charge is 0.496 e. The Hall–Kier alpha value is -1.06. The highest BCUT2D eigenvalue weighted by atomic mass is 16.5. The molecule has 96 valence electrons. The molecule has 0 spiro atoms. The van der Waals surface area contributed by atoms with Crippen LogP contribution in [-0.2, 0) is 11.2 Å². The molecule has 0 saturated carbocycles. The predicted octanol–water partition coefficient (Wildman–Crippen LogP) is 2.41. The van der Waals surface area contributed by atoms with Crippen LogP contribution in [0.3, 0.4) is 0 Å². The molecule has 1 N–H and O–H groups in total. The Labute approximate surface area is 103 Å². The van der Waals surface area contributed by atoms with Gasteiger partial charge in [-0.1, -0.05) is 31.5 Å². The molecule has 0 saturated heterocycles. The van der Waals surface area contributed by atoms with Gasteiger partial charge in [-0.3, -0.25) is 0 Å². The van der Waals surface area contributed by atoms with Gasteiger partial charge in [0.05, 0.1) is 19.3 Å². The smallest absolute Gasteiger partial charge is 0.122 e. The van der Waals surface area contributed by atoms with E-state index in [-0.39, 0.29) is 6.10 Å². The van der Waals surface area contributed by atoms with Crippen molar-refractivity contribution in [2.75, 3.05) is 14.2 Å². The number of ether oxygens (including phenoxy) is 2. The average Bonchev–Trinajstić information content (AvgIpc) is 2.36. The van der Waals surface area contributed by atoms with Crippen molar-refractivity contribution < 1.29 is 14.6 Å². The summed E-state index contributed by atoms with van der Waals surface area (Å²) < 4.78 is 10.6. The van der Waals surface area contributed by atoms with E-state index in [1.807, 2.05) is 24.3 Å². The van der Waals surface area contributed by atoms with Crippen molar-refractivity contribution in [3.8, 4) is 5.75 Å². The molecular formula is C14H22O3. The Kier molecular flexibility index (Phi) is 6.01. The standard InChI is InChI=1S/C14H22O3/c1-4-7-14(17-3)12(15)10-11-8-5-6-9-13(11)16-2/h5-6,8-9,12,14-15H,4,7,10H2,1-3H3. The SMILES string of the molecule is CCCC(OC)C(O)Cc1ccccc1OC. The first-order valence-electron chi connectivity index (χ1n) is 6.05. The van der Waals surface area contributed by atoms with E-state index >= 15 is 0 Å². The Morgan fingerprint density at radius 1 is 1.24 bits per heavy atom. The molecule has 0 bridgehead atoms. The van der Waals surface area contributed by atoms with E-state index < -0.39 is 6.10 Å². The number of aliphatic hydroxyl groups excluding tert-OH is 1. The summed E-state index contributed by atoms with van der Waals surface area (Å²) in [5, 5.41) is 10.1. The van der Waals surface area contributed by atoms with Crippen molar-refractivity contribution >= 4 is 0 Å². The average molecular weight is 238 g/mol. The summed E-state index contributed by atoms with van der Waals surface area (Å²) in [4.78, 5) is 0. The lowest BCUT2D eigenvalue weighted by molar-refractivity contribution is -0.0161. The van der Waals surface area contributed by atoms with E-state index in [9.17, 15) is 5.11 Å². The molecule has 1 aromatic rings. The first kappa shape index (κ1) is 14.0. The Bertz CT molecular complexity index is 325. The van der Waals surface area contributed by atoms with E-state index in [2.05, 4.69) is 6.92 Å². The highest BCUT2D eigenvalue weighted by Gasteiger charge is 2.19. The van der Waals surface area contributed by atoms with E-state index in [1.165, 1.54) is 0 Å². The van der Waals surface area contributed by atoms with E-state index in [4.69, 9.17) is 9.47 Å². The number of methoxy groups -OCH3 is 2. The van der Waals surface area contributed by atoms with E-state index in [0.717, 1.165) is 24.2 Å². The minimum Gasteiger partial charge on any atom is -0.496 e. The fourth-order valence-corrected chi connectivity index (χ4v) is 1.98. The van der Waals surface area contributed by atoms with Crippen molar-refractivity contribution in [1.82, 2.24) is 0 Å². The quantitative estimate of drug-likeness (QED) is 0.793. The predicted molar refractivity (Wildman–Crippen MR) is 68.4 cm³/mol. The van der Waals surface area contributed by atoms with Gasteiger partial charge in [-0.25, -0.2) is 0 Å².